The Hall–Kier alpha value is -7.56. The highest BCUT2D eigenvalue weighted by atomic mass is 32.2. The summed E-state index contributed by atoms with van der Waals surface area (Å²) in [4.78, 5) is 25.1. The minimum atomic E-state index is -4.48. The highest BCUT2D eigenvalue weighted by Gasteiger charge is 2.39. The van der Waals surface area contributed by atoms with E-state index < -0.39 is 32.9 Å². The lowest BCUT2D eigenvalue weighted by Crippen LogP contribution is -2.49. The number of nitrogens with two attached hydrogens (primary N) is 1. The fourth-order valence-electron chi connectivity index (χ4n) is 6.37. The maximum atomic E-state index is 13.3. The molecule has 61 heavy (non-hydrogen) atoms. The summed E-state index contributed by atoms with van der Waals surface area (Å²) in [6, 6.07) is 25.3. The quantitative estimate of drug-likeness (QED) is 0.0335. The number of carbonyl (C=O) groups excluding carboxylic acids is 2. The van der Waals surface area contributed by atoms with Crippen LogP contribution in [0.5, 0.6) is 23.0 Å². The summed E-state index contributed by atoms with van der Waals surface area (Å²) in [5, 5.41) is 48.2. The summed E-state index contributed by atoms with van der Waals surface area (Å²) in [7, 11) is -4.48. The maximum absolute atomic E-state index is 13.3. The molecule has 0 radical (unpaired) electrons. The van der Waals surface area contributed by atoms with Crippen molar-refractivity contribution in [1.82, 2.24) is 5.43 Å². The van der Waals surface area contributed by atoms with E-state index in [4.69, 9.17) is 15.2 Å². The fourth-order valence-corrected chi connectivity index (χ4v) is 6.85. The van der Waals surface area contributed by atoms with Gasteiger partial charge in [0.15, 0.2) is 11.8 Å². The number of primary amides is 1. The van der Waals surface area contributed by atoms with E-state index in [0.717, 1.165) is 22.5 Å². The van der Waals surface area contributed by atoms with Crippen molar-refractivity contribution in [3.63, 3.8) is 0 Å². The normalized spacial score (nSPS) is 13.8. The van der Waals surface area contributed by atoms with Gasteiger partial charge in [-0.2, -0.15) is 18.5 Å². The summed E-state index contributed by atoms with van der Waals surface area (Å²) in [5.41, 5.74) is 25.1. The molecule has 0 saturated heterocycles. The number of hydrogen-bond donors (Lipinski definition) is 12. The first-order valence-electron chi connectivity index (χ1n) is 18.3. The molecule has 1 heterocycles. The molecule has 1 aliphatic heterocycles. The number of amides is 2. The number of rotatable bonds is 18. The molecule has 0 aromatic heterocycles. The Bertz CT molecular complexity index is 2770. The molecule has 0 aliphatic carbocycles. The number of aliphatic hydroxyl groups excluding tert-OH is 2. The number of phenolic OH excluding ortho intramolecular Hbond substituents is 2. The van der Waals surface area contributed by atoms with Gasteiger partial charge in [-0.25, -0.2) is 5.43 Å². The average molecular weight is 854 g/mol. The van der Waals surface area contributed by atoms with E-state index in [0.29, 0.717) is 44.7 Å². The third-order valence-corrected chi connectivity index (χ3v) is 10.1. The van der Waals surface area contributed by atoms with Crippen LogP contribution in [-0.4, -0.2) is 83.4 Å². The zero-order chi connectivity index (χ0) is 43.3. The average Bonchev–Trinajstić information content (AvgIpc) is 3.59. The van der Waals surface area contributed by atoms with Crippen LogP contribution in [0.3, 0.4) is 0 Å². The Kier molecular flexibility index (Phi) is 12.1. The number of hydrogen-bond acceptors (Lipinski definition) is 17. The van der Waals surface area contributed by atoms with Crippen molar-refractivity contribution in [3.05, 3.63) is 103 Å². The minimum absolute atomic E-state index is 0.0447. The van der Waals surface area contributed by atoms with Gasteiger partial charge in [-0.1, -0.05) is 30.3 Å². The van der Waals surface area contributed by atoms with Crippen LogP contribution in [0, 0.1) is 0 Å². The molecule has 0 saturated carbocycles. The number of nitrogens with one attached hydrogen (secondary N) is 6. The lowest BCUT2D eigenvalue weighted by Gasteiger charge is -2.21. The zero-order valence-corrected chi connectivity index (χ0v) is 32.6. The number of nitrogens with zero attached hydrogens (tertiary/aromatic N) is 2. The molecule has 7 rings (SSSR count). The highest BCUT2D eigenvalue weighted by Crippen LogP contribution is 2.39. The molecule has 2 amide bonds. The van der Waals surface area contributed by atoms with Crippen molar-refractivity contribution < 1.29 is 52.5 Å². The monoisotopic (exact) mass is 853 g/mol. The predicted octanol–water partition coefficient (Wildman–Crippen LogP) is 3.44. The summed E-state index contributed by atoms with van der Waals surface area (Å²) in [6.45, 7) is -0.656. The van der Waals surface area contributed by atoms with Crippen molar-refractivity contribution in [3.8, 4) is 23.0 Å². The largest absolute Gasteiger partial charge is 0.507 e. The summed E-state index contributed by atoms with van der Waals surface area (Å²) in [5.74, 6) is -1.18. The number of aromatic hydroxyl groups is 2. The summed E-state index contributed by atoms with van der Waals surface area (Å²) in [6.07, 6.45) is 0. The Morgan fingerprint density at radius 2 is 1.36 bits per heavy atom. The number of benzene rings is 6. The molecule has 1 aliphatic rings. The van der Waals surface area contributed by atoms with E-state index in [9.17, 15) is 43.0 Å². The first kappa shape index (κ1) is 41.6. The number of carbonyl (C=O) groups is 2. The van der Waals surface area contributed by atoms with Gasteiger partial charge >= 0.3 is 0 Å². The molecular weight excluding hydrogens is 815 g/mol. The number of fused-ring (bicyclic) bond motifs is 2. The van der Waals surface area contributed by atoms with Gasteiger partial charge in [0.25, 0.3) is 21.9 Å². The van der Waals surface area contributed by atoms with Crippen molar-refractivity contribution in [2.24, 2.45) is 10.8 Å². The van der Waals surface area contributed by atoms with Gasteiger partial charge in [-0.15, -0.1) is 0 Å². The topological polar surface area (TPSA) is 302 Å². The molecular formula is C40H39N9O11S. The second kappa shape index (κ2) is 17.7. The van der Waals surface area contributed by atoms with E-state index in [1.54, 1.807) is 60.7 Å². The van der Waals surface area contributed by atoms with Crippen molar-refractivity contribution >= 4 is 83.3 Å². The number of phenols is 2. The number of ether oxygens (including phenoxy) is 2. The number of hydrazone groups is 1. The van der Waals surface area contributed by atoms with Crippen LogP contribution in [-0.2, 0) is 19.7 Å². The predicted molar refractivity (Wildman–Crippen MR) is 228 cm³/mol. The van der Waals surface area contributed by atoms with Crippen LogP contribution in [0.2, 0.25) is 0 Å². The van der Waals surface area contributed by atoms with Gasteiger partial charge in [0.1, 0.15) is 36.2 Å². The van der Waals surface area contributed by atoms with Gasteiger partial charge in [0, 0.05) is 28.6 Å². The van der Waals surface area contributed by atoms with Crippen LogP contribution in [0.15, 0.2) is 113 Å². The van der Waals surface area contributed by atoms with E-state index in [1.807, 2.05) is 18.2 Å². The molecule has 6 aromatic rings. The van der Waals surface area contributed by atoms with Gasteiger partial charge in [-0.05, 0) is 71.4 Å². The molecule has 1 atom stereocenters. The van der Waals surface area contributed by atoms with E-state index >= 15 is 0 Å². The summed E-state index contributed by atoms with van der Waals surface area (Å²) < 4.78 is 43.8. The van der Waals surface area contributed by atoms with Crippen molar-refractivity contribution in [2.75, 3.05) is 58.6 Å². The smallest absolute Gasteiger partial charge is 0.294 e. The second-order valence-electron chi connectivity index (χ2n) is 13.2. The van der Waals surface area contributed by atoms with E-state index in [2.05, 4.69) is 37.7 Å². The minimum Gasteiger partial charge on any atom is -0.507 e. The molecule has 13 N–H and O–H groups in total. The third-order valence-electron chi connectivity index (χ3n) is 9.25. The molecule has 0 spiro atoms. The highest BCUT2D eigenvalue weighted by molar-refractivity contribution is 7.85. The zero-order valence-electron chi connectivity index (χ0n) is 31.8. The standard InChI is InChI=1S/C40H39N9O11S/c41-39(54)36-37(40(55)49(48-36)25-9-11-26(12-10-25)61(56,57)58)47-42-24-8-13-27-23(19-24)7-14-29(38(27)53)44-46-31-21-33(59-17-15-50)30(20-34(31)60-18-16-51)45-43-28-5-1-3-22-4-2-6-32(52)35(22)28/h1-14,19-21,37,42-47,50-53H,15-18H2,(H2,41,54)(H,56,57,58). The third kappa shape index (κ3) is 9.05. The Labute approximate surface area is 346 Å². The van der Waals surface area contributed by atoms with E-state index in [-0.39, 0.29) is 60.8 Å². The Morgan fingerprint density at radius 3 is 1.98 bits per heavy atom. The van der Waals surface area contributed by atoms with Crippen LogP contribution in [0.4, 0.5) is 34.1 Å². The van der Waals surface area contributed by atoms with Gasteiger partial charge in [0.2, 0.25) is 0 Å². The van der Waals surface area contributed by atoms with Crippen LogP contribution in [0.1, 0.15) is 0 Å². The van der Waals surface area contributed by atoms with Crippen LogP contribution >= 0.6 is 0 Å². The molecule has 1 unspecified atom stereocenters. The number of anilines is 6. The number of hydrazine groups is 3. The second-order valence-corrected chi connectivity index (χ2v) is 14.7. The van der Waals surface area contributed by atoms with Gasteiger partial charge < -0.3 is 46.5 Å². The van der Waals surface area contributed by atoms with Gasteiger partial charge in [0.05, 0.1) is 46.5 Å². The van der Waals surface area contributed by atoms with Crippen molar-refractivity contribution in [1.29, 1.82) is 0 Å². The summed E-state index contributed by atoms with van der Waals surface area (Å²) >= 11 is 0. The SMILES string of the molecule is NC(=O)C1=NN(c2ccc(S(=O)(=O)O)cc2)C(=O)C1NNc1ccc2c(O)c(NNc3cc(OCCO)c(NNc4cccc5cccc(O)c45)cc3OCCO)ccc2c1. The van der Waals surface area contributed by atoms with Crippen LogP contribution in [0.25, 0.3) is 21.5 Å². The molecule has 21 heteroatoms. The molecule has 316 valence electrons. The lowest BCUT2D eigenvalue weighted by molar-refractivity contribution is -0.119. The van der Waals surface area contributed by atoms with Gasteiger partial charge in [-0.3, -0.25) is 30.4 Å². The van der Waals surface area contributed by atoms with Crippen molar-refractivity contribution in [2.45, 2.75) is 10.9 Å². The Morgan fingerprint density at radius 1 is 0.738 bits per heavy atom. The molecule has 0 fully saturated rings. The Balaban J connectivity index is 1.06. The maximum Gasteiger partial charge on any atom is 0.294 e. The fraction of sp³-hybridized carbons (Fsp3) is 0.125. The lowest BCUT2D eigenvalue weighted by atomic mass is 10.1. The molecule has 0 bridgehead atoms. The van der Waals surface area contributed by atoms with E-state index in [1.165, 1.54) is 12.1 Å². The van der Waals surface area contributed by atoms with Crippen LogP contribution < -0.4 is 52.8 Å². The molecule has 20 nitrogen and oxygen atoms in total. The number of aliphatic hydroxyl groups is 2. The molecule has 6 aromatic carbocycles. The first-order chi connectivity index (χ1) is 29.4. The first-order valence-corrected chi connectivity index (χ1v) is 19.8.